The molecule has 1 aliphatic rings. The summed E-state index contributed by atoms with van der Waals surface area (Å²) in [5, 5.41) is 4.99. The smallest absolute Gasteiger partial charge is 0.109 e. The third kappa shape index (κ3) is 4.01. The van der Waals surface area contributed by atoms with Crippen LogP contribution in [-0.2, 0) is 6.42 Å². The number of hydrogen-bond acceptors (Lipinski definition) is 4. The molecule has 2 heterocycles. The standard InChI is InChI=1S/C15H27N3S/c1-5-14-10-16-15(19-14)12(4)17-13-6-8-18(9-7-13)11(2)3/h10-13,17H,5-9H2,1-4H3. The Morgan fingerprint density at radius 3 is 2.58 bits per heavy atom. The van der Waals surface area contributed by atoms with E-state index in [1.807, 2.05) is 17.5 Å². The molecule has 0 aromatic carbocycles. The lowest BCUT2D eigenvalue weighted by atomic mass is 10.0. The molecule has 3 nitrogen and oxygen atoms in total. The van der Waals surface area contributed by atoms with Crippen LogP contribution in [0.15, 0.2) is 6.20 Å². The fourth-order valence-electron chi connectivity index (χ4n) is 2.69. The Bertz CT molecular complexity index is 380. The lowest BCUT2D eigenvalue weighted by Crippen LogP contribution is -2.45. The summed E-state index contributed by atoms with van der Waals surface area (Å²) in [6, 6.07) is 1.73. The molecule has 1 atom stereocenters. The minimum absolute atomic E-state index is 0.390. The van der Waals surface area contributed by atoms with Crippen LogP contribution in [-0.4, -0.2) is 35.1 Å². The van der Waals surface area contributed by atoms with Crippen LogP contribution in [0.1, 0.15) is 56.5 Å². The molecule has 1 N–H and O–H groups in total. The molecule has 0 aliphatic carbocycles. The lowest BCUT2D eigenvalue weighted by Gasteiger charge is -2.35. The Morgan fingerprint density at radius 2 is 2.05 bits per heavy atom. The van der Waals surface area contributed by atoms with E-state index in [1.165, 1.54) is 35.8 Å². The molecule has 1 saturated heterocycles. The van der Waals surface area contributed by atoms with Crippen LogP contribution < -0.4 is 5.32 Å². The minimum Gasteiger partial charge on any atom is -0.305 e. The van der Waals surface area contributed by atoms with Gasteiger partial charge in [-0.1, -0.05) is 6.92 Å². The van der Waals surface area contributed by atoms with Gasteiger partial charge in [-0.05, 0) is 53.1 Å². The van der Waals surface area contributed by atoms with Gasteiger partial charge in [-0.2, -0.15) is 0 Å². The van der Waals surface area contributed by atoms with Crippen molar-refractivity contribution >= 4 is 11.3 Å². The molecule has 1 fully saturated rings. The van der Waals surface area contributed by atoms with E-state index in [4.69, 9.17) is 0 Å². The van der Waals surface area contributed by atoms with E-state index >= 15 is 0 Å². The molecule has 1 aromatic heterocycles. The number of aryl methyl sites for hydroxylation is 1. The first-order valence-corrected chi connectivity index (χ1v) is 8.36. The average molecular weight is 281 g/mol. The Balaban J connectivity index is 1.82. The minimum atomic E-state index is 0.390. The van der Waals surface area contributed by atoms with E-state index < -0.39 is 0 Å². The number of hydrogen-bond donors (Lipinski definition) is 1. The van der Waals surface area contributed by atoms with Crippen LogP contribution in [0.2, 0.25) is 0 Å². The SMILES string of the molecule is CCc1cnc(C(C)NC2CCN(C(C)C)CC2)s1. The van der Waals surface area contributed by atoms with Gasteiger partial charge in [0.2, 0.25) is 0 Å². The monoisotopic (exact) mass is 281 g/mol. The summed E-state index contributed by atoms with van der Waals surface area (Å²) in [6.45, 7) is 11.5. The maximum absolute atomic E-state index is 4.54. The Labute approximate surface area is 121 Å². The number of nitrogens with zero attached hydrogens (tertiary/aromatic N) is 2. The molecule has 0 spiro atoms. The van der Waals surface area contributed by atoms with Crippen molar-refractivity contribution in [1.29, 1.82) is 0 Å². The van der Waals surface area contributed by atoms with Crippen LogP contribution in [0.25, 0.3) is 0 Å². The molecular weight excluding hydrogens is 254 g/mol. The highest BCUT2D eigenvalue weighted by Crippen LogP contribution is 2.22. The van der Waals surface area contributed by atoms with Crippen molar-refractivity contribution in [2.24, 2.45) is 0 Å². The maximum atomic E-state index is 4.54. The third-order valence-electron chi connectivity index (χ3n) is 4.04. The van der Waals surface area contributed by atoms with E-state index in [0.29, 0.717) is 18.1 Å². The number of aromatic nitrogens is 1. The first-order chi connectivity index (χ1) is 9.10. The van der Waals surface area contributed by atoms with Gasteiger partial charge >= 0.3 is 0 Å². The summed E-state index contributed by atoms with van der Waals surface area (Å²) in [5.41, 5.74) is 0. The van der Waals surface area contributed by atoms with Crippen LogP contribution in [0.4, 0.5) is 0 Å². The maximum Gasteiger partial charge on any atom is 0.109 e. The molecule has 0 amide bonds. The van der Waals surface area contributed by atoms with E-state index in [2.05, 4.69) is 42.9 Å². The zero-order chi connectivity index (χ0) is 13.8. The molecule has 1 aliphatic heterocycles. The molecule has 1 aromatic rings. The summed E-state index contributed by atoms with van der Waals surface area (Å²) in [7, 11) is 0. The van der Waals surface area contributed by atoms with Gasteiger partial charge in [-0.25, -0.2) is 4.98 Å². The summed E-state index contributed by atoms with van der Waals surface area (Å²) in [4.78, 5) is 8.50. The molecule has 108 valence electrons. The van der Waals surface area contributed by atoms with Crippen molar-refractivity contribution in [3.63, 3.8) is 0 Å². The zero-order valence-electron chi connectivity index (χ0n) is 12.6. The second kappa shape index (κ2) is 6.82. The normalized spacial score (nSPS) is 20.1. The Hall–Kier alpha value is -0.450. The van der Waals surface area contributed by atoms with Crippen molar-refractivity contribution in [2.45, 2.75) is 65.1 Å². The highest BCUT2D eigenvalue weighted by atomic mass is 32.1. The number of nitrogens with one attached hydrogen (secondary N) is 1. The number of rotatable bonds is 5. The summed E-state index contributed by atoms with van der Waals surface area (Å²) >= 11 is 1.85. The van der Waals surface area contributed by atoms with Crippen LogP contribution in [0.3, 0.4) is 0 Å². The number of piperidine rings is 1. The molecule has 0 bridgehead atoms. The van der Waals surface area contributed by atoms with Gasteiger partial charge in [0.25, 0.3) is 0 Å². The van der Waals surface area contributed by atoms with Gasteiger partial charge in [-0.3, -0.25) is 0 Å². The fourth-order valence-corrected chi connectivity index (χ4v) is 3.56. The molecule has 2 rings (SSSR count). The van der Waals surface area contributed by atoms with Crippen molar-refractivity contribution in [2.75, 3.05) is 13.1 Å². The van der Waals surface area contributed by atoms with Crippen LogP contribution in [0, 0.1) is 0 Å². The fraction of sp³-hybridized carbons (Fsp3) is 0.800. The quantitative estimate of drug-likeness (QED) is 0.898. The summed E-state index contributed by atoms with van der Waals surface area (Å²) in [6.07, 6.45) is 5.64. The van der Waals surface area contributed by atoms with E-state index in [1.54, 1.807) is 0 Å². The van der Waals surface area contributed by atoms with Gasteiger partial charge in [0.15, 0.2) is 0 Å². The van der Waals surface area contributed by atoms with Crippen molar-refractivity contribution in [3.8, 4) is 0 Å². The van der Waals surface area contributed by atoms with E-state index in [9.17, 15) is 0 Å². The van der Waals surface area contributed by atoms with Gasteiger partial charge in [0.1, 0.15) is 5.01 Å². The lowest BCUT2D eigenvalue weighted by molar-refractivity contribution is 0.157. The molecule has 4 heteroatoms. The van der Waals surface area contributed by atoms with Crippen LogP contribution >= 0.6 is 11.3 Å². The van der Waals surface area contributed by atoms with Gasteiger partial charge < -0.3 is 10.2 Å². The molecule has 0 radical (unpaired) electrons. The summed E-state index contributed by atoms with van der Waals surface area (Å²) in [5.74, 6) is 0. The molecule has 1 unspecified atom stereocenters. The van der Waals surface area contributed by atoms with E-state index in [-0.39, 0.29) is 0 Å². The van der Waals surface area contributed by atoms with Gasteiger partial charge in [-0.15, -0.1) is 11.3 Å². The highest BCUT2D eigenvalue weighted by molar-refractivity contribution is 7.11. The second-order valence-corrected chi connectivity index (χ2v) is 6.96. The highest BCUT2D eigenvalue weighted by Gasteiger charge is 2.22. The number of likely N-dealkylation sites (tertiary alicyclic amines) is 1. The van der Waals surface area contributed by atoms with E-state index in [0.717, 1.165) is 6.42 Å². The number of thiazole rings is 1. The van der Waals surface area contributed by atoms with Gasteiger partial charge in [0.05, 0.1) is 6.04 Å². The van der Waals surface area contributed by atoms with Crippen LogP contribution in [0.5, 0.6) is 0 Å². The predicted octanol–water partition coefficient (Wildman–Crippen LogP) is 3.23. The average Bonchev–Trinajstić information content (AvgIpc) is 2.88. The summed E-state index contributed by atoms with van der Waals surface area (Å²) < 4.78 is 0. The topological polar surface area (TPSA) is 28.2 Å². The molecular formula is C15H27N3S. The first-order valence-electron chi connectivity index (χ1n) is 7.54. The van der Waals surface area contributed by atoms with Crippen molar-refractivity contribution in [3.05, 3.63) is 16.1 Å². The Morgan fingerprint density at radius 1 is 1.37 bits per heavy atom. The van der Waals surface area contributed by atoms with Crippen molar-refractivity contribution < 1.29 is 0 Å². The zero-order valence-corrected chi connectivity index (χ0v) is 13.5. The Kier molecular flexibility index (Phi) is 5.37. The first kappa shape index (κ1) is 14.9. The molecule has 0 saturated carbocycles. The molecule has 19 heavy (non-hydrogen) atoms. The predicted molar refractivity (Wildman–Crippen MR) is 82.8 cm³/mol. The second-order valence-electron chi connectivity index (χ2n) is 5.81. The van der Waals surface area contributed by atoms with Crippen molar-refractivity contribution in [1.82, 2.24) is 15.2 Å². The third-order valence-corrected chi connectivity index (χ3v) is 5.36. The van der Waals surface area contributed by atoms with Gasteiger partial charge in [0, 0.05) is 23.2 Å². The largest absolute Gasteiger partial charge is 0.305 e.